The highest BCUT2D eigenvalue weighted by atomic mass is 16.5. The van der Waals surface area contributed by atoms with Gasteiger partial charge in [0.15, 0.2) is 5.82 Å². The number of nitrogens with one attached hydrogen (secondary N) is 1. The predicted octanol–water partition coefficient (Wildman–Crippen LogP) is 2.06. The third kappa shape index (κ3) is 3.74. The Morgan fingerprint density at radius 1 is 1.39 bits per heavy atom. The molecular formula is C16H21N5O2. The van der Waals surface area contributed by atoms with Crippen LogP contribution < -0.4 is 5.73 Å². The van der Waals surface area contributed by atoms with E-state index >= 15 is 0 Å². The van der Waals surface area contributed by atoms with Crippen molar-refractivity contribution in [1.82, 2.24) is 20.2 Å². The van der Waals surface area contributed by atoms with Crippen molar-refractivity contribution in [3.05, 3.63) is 35.7 Å². The summed E-state index contributed by atoms with van der Waals surface area (Å²) in [6.45, 7) is 7.74. The van der Waals surface area contributed by atoms with Crippen LogP contribution in [0.15, 0.2) is 24.2 Å². The van der Waals surface area contributed by atoms with E-state index in [1.165, 1.54) is 0 Å². The molecule has 0 radical (unpaired) electrons. The Bertz CT molecular complexity index is 720. The lowest BCUT2D eigenvalue weighted by Crippen LogP contribution is -2.20. The van der Waals surface area contributed by atoms with Crippen molar-refractivity contribution >= 4 is 11.5 Å². The highest BCUT2D eigenvalue weighted by Gasteiger charge is 2.21. The summed E-state index contributed by atoms with van der Waals surface area (Å²) in [5.41, 5.74) is 8.97. The number of aromatic nitrogens is 4. The predicted molar refractivity (Wildman–Crippen MR) is 86.9 cm³/mol. The van der Waals surface area contributed by atoms with Gasteiger partial charge in [-0.2, -0.15) is 5.10 Å². The lowest BCUT2D eigenvalue weighted by molar-refractivity contribution is -0.138. The molecule has 2 aromatic rings. The number of carbonyl (C=O) groups excluding carboxylic acids is 1. The molecule has 0 saturated carbocycles. The molecule has 2 rings (SSSR count). The minimum absolute atomic E-state index is 0.0293. The lowest BCUT2D eigenvalue weighted by atomic mass is 9.99. The zero-order valence-corrected chi connectivity index (χ0v) is 13.8. The van der Waals surface area contributed by atoms with Crippen molar-refractivity contribution in [2.24, 2.45) is 11.7 Å². The molecule has 122 valence electrons. The van der Waals surface area contributed by atoms with Crippen LogP contribution in [0, 0.1) is 12.8 Å². The van der Waals surface area contributed by atoms with E-state index in [9.17, 15) is 4.79 Å². The molecule has 0 aliphatic rings. The molecule has 0 unspecified atom stereocenters. The molecule has 0 aliphatic heterocycles. The zero-order valence-electron chi connectivity index (χ0n) is 13.8. The first-order chi connectivity index (χ1) is 10.9. The van der Waals surface area contributed by atoms with Crippen molar-refractivity contribution < 1.29 is 9.53 Å². The van der Waals surface area contributed by atoms with E-state index in [4.69, 9.17) is 10.5 Å². The highest BCUT2D eigenvalue weighted by Crippen LogP contribution is 2.25. The number of H-pyrrole nitrogens is 1. The number of nitrogens with two attached hydrogens (primary N) is 1. The fourth-order valence-corrected chi connectivity index (χ4v) is 2.24. The average Bonchev–Trinajstić information content (AvgIpc) is 3.00. The number of carbonyl (C=O) groups is 1. The molecule has 2 heterocycles. The topological polar surface area (TPSA) is 107 Å². The molecule has 0 amide bonds. The zero-order chi connectivity index (χ0) is 17.0. The van der Waals surface area contributed by atoms with Gasteiger partial charge in [0, 0.05) is 23.0 Å². The summed E-state index contributed by atoms with van der Waals surface area (Å²) in [5.74, 6) is -0.147. The van der Waals surface area contributed by atoms with E-state index < -0.39 is 5.97 Å². The van der Waals surface area contributed by atoms with Gasteiger partial charge in [0.1, 0.15) is 5.70 Å². The largest absolute Gasteiger partial charge is 0.461 e. The number of esters is 1. The number of aryl methyl sites for hydroxylation is 1. The Morgan fingerprint density at radius 3 is 2.70 bits per heavy atom. The van der Waals surface area contributed by atoms with Crippen LogP contribution in [-0.2, 0) is 9.53 Å². The fourth-order valence-electron chi connectivity index (χ4n) is 2.24. The molecule has 0 fully saturated rings. The maximum atomic E-state index is 12.0. The van der Waals surface area contributed by atoms with Crippen LogP contribution in [0.1, 0.15) is 32.3 Å². The Morgan fingerprint density at radius 2 is 2.13 bits per heavy atom. The standard InChI is InChI=1S/C16H21N5O2/c1-5-23-16(22)14(17)13(9(2)3)15-20-10(4)6-12(21-15)11-7-18-19-8-11/h6-9H,5,17H2,1-4H3,(H,18,19)/b14-13-. The first-order valence-corrected chi connectivity index (χ1v) is 7.46. The number of ether oxygens (including phenoxy) is 1. The van der Waals surface area contributed by atoms with Gasteiger partial charge in [-0.05, 0) is 25.8 Å². The molecule has 0 aliphatic carbocycles. The monoisotopic (exact) mass is 315 g/mol. The van der Waals surface area contributed by atoms with Crippen molar-refractivity contribution in [2.75, 3.05) is 6.61 Å². The van der Waals surface area contributed by atoms with E-state index in [1.807, 2.05) is 26.8 Å². The van der Waals surface area contributed by atoms with Gasteiger partial charge in [0.25, 0.3) is 0 Å². The first kappa shape index (κ1) is 16.7. The maximum Gasteiger partial charge on any atom is 0.354 e. The number of hydrogen-bond acceptors (Lipinski definition) is 6. The van der Waals surface area contributed by atoms with Gasteiger partial charge >= 0.3 is 5.97 Å². The molecule has 7 heteroatoms. The number of hydrogen-bond donors (Lipinski definition) is 2. The quantitative estimate of drug-likeness (QED) is 0.646. The third-order valence-electron chi connectivity index (χ3n) is 3.25. The second-order valence-electron chi connectivity index (χ2n) is 5.41. The molecule has 0 saturated heterocycles. The molecule has 0 bridgehead atoms. The molecule has 7 nitrogen and oxygen atoms in total. The second-order valence-corrected chi connectivity index (χ2v) is 5.41. The van der Waals surface area contributed by atoms with Crippen LogP contribution >= 0.6 is 0 Å². The van der Waals surface area contributed by atoms with E-state index in [1.54, 1.807) is 19.3 Å². The summed E-state index contributed by atoms with van der Waals surface area (Å²) >= 11 is 0. The lowest BCUT2D eigenvalue weighted by Gasteiger charge is -2.15. The van der Waals surface area contributed by atoms with Crippen LogP contribution in [0.5, 0.6) is 0 Å². The smallest absolute Gasteiger partial charge is 0.354 e. The SMILES string of the molecule is CCOC(=O)/C(N)=C(/c1nc(C)cc(-c2cn[nH]c2)n1)C(C)C. The molecule has 0 spiro atoms. The molecule has 0 aromatic carbocycles. The molecule has 2 aromatic heterocycles. The molecular weight excluding hydrogens is 294 g/mol. The van der Waals surface area contributed by atoms with Gasteiger partial charge in [0.05, 0.1) is 18.5 Å². The van der Waals surface area contributed by atoms with Crippen LogP contribution in [0.2, 0.25) is 0 Å². The second kappa shape index (κ2) is 7.04. The van der Waals surface area contributed by atoms with E-state index in [2.05, 4.69) is 20.2 Å². The van der Waals surface area contributed by atoms with Gasteiger partial charge in [-0.25, -0.2) is 14.8 Å². The van der Waals surface area contributed by atoms with Gasteiger partial charge in [-0.3, -0.25) is 5.10 Å². The number of rotatable bonds is 5. The highest BCUT2D eigenvalue weighted by molar-refractivity contribution is 5.96. The van der Waals surface area contributed by atoms with Gasteiger partial charge in [0.2, 0.25) is 0 Å². The minimum atomic E-state index is -0.550. The van der Waals surface area contributed by atoms with Crippen LogP contribution in [-0.4, -0.2) is 32.7 Å². The minimum Gasteiger partial charge on any atom is -0.461 e. The van der Waals surface area contributed by atoms with Crippen molar-refractivity contribution in [2.45, 2.75) is 27.7 Å². The van der Waals surface area contributed by atoms with Gasteiger partial charge < -0.3 is 10.5 Å². The number of allylic oxidation sites excluding steroid dienone is 1. The van der Waals surface area contributed by atoms with Crippen molar-refractivity contribution in [3.63, 3.8) is 0 Å². The van der Waals surface area contributed by atoms with E-state index in [-0.39, 0.29) is 18.2 Å². The summed E-state index contributed by atoms with van der Waals surface area (Å²) in [7, 11) is 0. The van der Waals surface area contributed by atoms with Crippen LogP contribution in [0.25, 0.3) is 16.8 Å². The Kier molecular flexibility index (Phi) is 5.10. The summed E-state index contributed by atoms with van der Waals surface area (Å²) in [4.78, 5) is 21.0. The Hall–Kier alpha value is -2.70. The summed E-state index contributed by atoms with van der Waals surface area (Å²) in [6.07, 6.45) is 3.43. The molecule has 3 N–H and O–H groups in total. The maximum absolute atomic E-state index is 12.0. The Balaban J connectivity index is 2.56. The van der Waals surface area contributed by atoms with Crippen molar-refractivity contribution in [3.8, 4) is 11.3 Å². The number of aromatic amines is 1. The number of nitrogens with zero attached hydrogens (tertiary/aromatic N) is 3. The Labute approximate surface area is 135 Å². The fraction of sp³-hybridized carbons (Fsp3) is 0.375. The summed E-state index contributed by atoms with van der Waals surface area (Å²) in [6, 6.07) is 1.85. The third-order valence-corrected chi connectivity index (χ3v) is 3.25. The summed E-state index contributed by atoms with van der Waals surface area (Å²) < 4.78 is 5.00. The summed E-state index contributed by atoms with van der Waals surface area (Å²) in [5, 5.41) is 6.68. The molecule has 0 atom stereocenters. The average molecular weight is 315 g/mol. The molecule has 23 heavy (non-hydrogen) atoms. The van der Waals surface area contributed by atoms with E-state index in [0.29, 0.717) is 11.4 Å². The first-order valence-electron chi connectivity index (χ1n) is 7.46. The van der Waals surface area contributed by atoms with Crippen LogP contribution in [0.4, 0.5) is 0 Å². The normalized spacial score (nSPS) is 12.2. The van der Waals surface area contributed by atoms with E-state index in [0.717, 1.165) is 17.0 Å². The van der Waals surface area contributed by atoms with Crippen LogP contribution in [0.3, 0.4) is 0 Å². The van der Waals surface area contributed by atoms with Crippen molar-refractivity contribution in [1.29, 1.82) is 0 Å². The van der Waals surface area contributed by atoms with Gasteiger partial charge in [-0.1, -0.05) is 13.8 Å². The van der Waals surface area contributed by atoms with Gasteiger partial charge in [-0.15, -0.1) is 0 Å².